The molecule has 1 saturated heterocycles. The number of nitriles is 1. The molecule has 5 nitrogen and oxygen atoms in total. The number of methoxy groups -OCH3 is 1. The van der Waals surface area contributed by atoms with Crippen molar-refractivity contribution in [2.45, 2.75) is 13.0 Å². The van der Waals surface area contributed by atoms with Gasteiger partial charge in [-0.3, -0.25) is 0 Å². The first-order valence-corrected chi connectivity index (χ1v) is 8.98. The van der Waals surface area contributed by atoms with Crippen LogP contribution in [0.1, 0.15) is 12.5 Å². The molecule has 0 aromatic heterocycles. The fourth-order valence-electron chi connectivity index (χ4n) is 3.17. The topological polar surface area (TPSA) is 51.5 Å². The van der Waals surface area contributed by atoms with Gasteiger partial charge in [-0.05, 0) is 61.6 Å². The second kappa shape index (κ2) is 8.07. The van der Waals surface area contributed by atoms with E-state index in [9.17, 15) is 0 Å². The zero-order chi connectivity index (χ0) is 18.5. The monoisotopic (exact) mass is 366 g/mol. The Morgan fingerprint density at radius 1 is 1.23 bits per heavy atom. The fraction of sp³-hybridized carbons (Fsp3) is 0.300. The molecule has 1 fully saturated rings. The van der Waals surface area contributed by atoms with E-state index in [4.69, 9.17) is 22.2 Å². The predicted molar refractivity (Wildman–Crippen MR) is 109 cm³/mol. The molecule has 0 aliphatic carbocycles. The first-order valence-electron chi connectivity index (χ1n) is 8.57. The Balaban J connectivity index is 1.62. The van der Waals surface area contributed by atoms with Crippen LogP contribution in [0.4, 0.5) is 11.4 Å². The van der Waals surface area contributed by atoms with Gasteiger partial charge in [0.05, 0.1) is 18.7 Å². The zero-order valence-electron chi connectivity index (χ0n) is 15.0. The van der Waals surface area contributed by atoms with Crippen molar-refractivity contribution in [2.75, 3.05) is 37.0 Å². The number of benzene rings is 2. The SMILES string of the molecule is COc1ccc(N2CCN(C(=S)Nc3cccc(C#N)c3)CC2C)cc1. The third-order valence-corrected chi connectivity index (χ3v) is 4.92. The molecule has 1 aliphatic rings. The summed E-state index contributed by atoms with van der Waals surface area (Å²) in [7, 11) is 1.68. The molecule has 2 aromatic rings. The van der Waals surface area contributed by atoms with Gasteiger partial charge in [0.25, 0.3) is 0 Å². The maximum atomic E-state index is 9.02. The number of hydrogen-bond donors (Lipinski definition) is 1. The van der Waals surface area contributed by atoms with Crippen LogP contribution >= 0.6 is 12.2 Å². The van der Waals surface area contributed by atoms with Crippen molar-refractivity contribution in [1.29, 1.82) is 5.26 Å². The van der Waals surface area contributed by atoms with E-state index < -0.39 is 0 Å². The Kier molecular flexibility index (Phi) is 5.59. The summed E-state index contributed by atoms with van der Waals surface area (Å²) in [5.41, 5.74) is 2.66. The van der Waals surface area contributed by atoms with E-state index in [1.807, 2.05) is 30.3 Å². The molecule has 1 atom stereocenters. The van der Waals surface area contributed by atoms with Gasteiger partial charge in [0, 0.05) is 37.1 Å². The normalized spacial score (nSPS) is 16.7. The fourth-order valence-corrected chi connectivity index (χ4v) is 3.45. The summed E-state index contributed by atoms with van der Waals surface area (Å²) in [5.74, 6) is 0.866. The first-order chi connectivity index (χ1) is 12.6. The summed E-state index contributed by atoms with van der Waals surface area (Å²) in [4.78, 5) is 4.56. The number of anilines is 2. The van der Waals surface area contributed by atoms with Crippen LogP contribution in [0.5, 0.6) is 5.75 Å². The molecule has 3 rings (SSSR count). The average Bonchev–Trinajstić information content (AvgIpc) is 2.68. The second-order valence-corrected chi connectivity index (χ2v) is 6.70. The first kappa shape index (κ1) is 18.0. The highest BCUT2D eigenvalue weighted by molar-refractivity contribution is 7.80. The van der Waals surface area contributed by atoms with Gasteiger partial charge in [0.1, 0.15) is 5.75 Å². The third-order valence-electron chi connectivity index (χ3n) is 4.56. The molecule has 0 radical (unpaired) electrons. The van der Waals surface area contributed by atoms with Crippen molar-refractivity contribution in [3.63, 3.8) is 0 Å². The van der Waals surface area contributed by atoms with Crippen LogP contribution in [0.2, 0.25) is 0 Å². The number of hydrogen-bond acceptors (Lipinski definition) is 4. The smallest absolute Gasteiger partial charge is 0.173 e. The number of nitrogens with one attached hydrogen (secondary N) is 1. The van der Waals surface area contributed by atoms with Crippen molar-refractivity contribution in [2.24, 2.45) is 0 Å². The minimum Gasteiger partial charge on any atom is -0.497 e. The lowest BCUT2D eigenvalue weighted by atomic mass is 10.1. The maximum Gasteiger partial charge on any atom is 0.173 e. The van der Waals surface area contributed by atoms with Gasteiger partial charge in [0.2, 0.25) is 0 Å². The standard InChI is InChI=1S/C20H22N4OS/c1-15-14-23(20(26)22-17-5-3-4-16(12-17)13-21)10-11-24(15)18-6-8-19(25-2)9-7-18/h3-9,12,15H,10-11,14H2,1-2H3,(H,22,26). The maximum absolute atomic E-state index is 9.02. The van der Waals surface area contributed by atoms with Crippen LogP contribution < -0.4 is 15.0 Å². The molecule has 0 spiro atoms. The van der Waals surface area contributed by atoms with E-state index in [0.29, 0.717) is 16.7 Å². The van der Waals surface area contributed by atoms with E-state index in [0.717, 1.165) is 31.1 Å². The van der Waals surface area contributed by atoms with Crippen molar-refractivity contribution >= 4 is 28.7 Å². The summed E-state index contributed by atoms with van der Waals surface area (Å²) in [5, 5.41) is 13.0. The van der Waals surface area contributed by atoms with Crippen LogP contribution in [0.25, 0.3) is 0 Å². The summed E-state index contributed by atoms with van der Waals surface area (Å²) in [6, 6.07) is 18.0. The molecular weight excluding hydrogens is 344 g/mol. The Morgan fingerprint density at radius 3 is 2.65 bits per heavy atom. The van der Waals surface area contributed by atoms with Gasteiger partial charge in [-0.2, -0.15) is 5.26 Å². The van der Waals surface area contributed by atoms with Gasteiger partial charge in [0.15, 0.2) is 5.11 Å². The van der Waals surface area contributed by atoms with Crippen LogP contribution in [-0.2, 0) is 0 Å². The highest BCUT2D eigenvalue weighted by Gasteiger charge is 2.25. The highest BCUT2D eigenvalue weighted by atomic mass is 32.1. The number of nitrogens with zero attached hydrogens (tertiary/aromatic N) is 3. The molecule has 0 bridgehead atoms. The molecule has 1 heterocycles. The highest BCUT2D eigenvalue weighted by Crippen LogP contribution is 2.24. The minimum absolute atomic E-state index is 0.335. The lowest BCUT2D eigenvalue weighted by Crippen LogP contribution is -2.54. The van der Waals surface area contributed by atoms with Crippen molar-refractivity contribution in [3.8, 4) is 11.8 Å². The average molecular weight is 366 g/mol. The van der Waals surface area contributed by atoms with E-state index in [1.165, 1.54) is 5.69 Å². The van der Waals surface area contributed by atoms with Crippen molar-refractivity contribution in [1.82, 2.24) is 4.90 Å². The van der Waals surface area contributed by atoms with Crippen LogP contribution in [0.3, 0.4) is 0 Å². The molecular formula is C20H22N4OS. The summed E-state index contributed by atoms with van der Waals surface area (Å²) in [6.07, 6.45) is 0. The number of rotatable bonds is 3. The van der Waals surface area contributed by atoms with E-state index in [-0.39, 0.29) is 0 Å². The van der Waals surface area contributed by atoms with Gasteiger partial charge in [-0.15, -0.1) is 0 Å². The van der Waals surface area contributed by atoms with Gasteiger partial charge >= 0.3 is 0 Å². The second-order valence-electron chi connectivity index (χ2n) is 6.31. The van der Waals surface area contributed by atoms with Crippen LogP contribution in [-0.4, -0.2) is 42.8 Å². The summed E-state index contributed by atoms with van der Waals surface area (Å²) < 4.78 is 5.23. The molecule has 1 N–H and O–H groups in total. The van der Waals surface area contributed by atoms with E-state index in [1.54, 1.807) is 13.2 Å². The van der Waals surface area contributed by atoms with Gasteiger partial charge < -0.3 is 19.9 Å². The third kappa shape index (κ3) is 4.06. The Bertz CT molecular complexity index is 815. The van der Waals surface area contributed by atoms with Crippen molar-refractivity contribution in [3.05, 3.63) is 54.1 Å². The van der Waals surface area contributed by atoms with Crippen molar-refractivity contribution < 1.29 is 4.74 Å². The Hall–Kier alpha value is -2.78. The lowest BCUT2D eigenvalue weighted by molar-refractivity contribution is 0.342. The molecule has 134 valence electrons. The molecule has 2 aromatic carbocycles. The summed E-state index contributed by atoms with van der Waals surface area (Å²) in [6.45, 7) is 4.79. The largest absolute Gasteiger partial charge is 0.497 e. The molecule has 6 heteroatoms. The van der Waals surface area contributed by atoms with Gasteiger partial charge in [-0.25, -0.2) is 0 Å². The number of thiocarbonyl (C=S) groups is 1. The molecule has 1 aliphatic heterocycles. The molecule has 0 amide bonds. The van der Waals surface area contributed by atoms with E-state index in [2.05, 4.69) is 40.2 Å². The summed E-state index contributed by atoms with van der Waals surface area (Å²) >= 11 is 5.57. The Labute approximate surface area is 159 Å². The predicted octanol–water partition coefficient (Wildman–Crippen LogP) is 3.47. The Morgan fingerprint density at radius 2 is 2.00 bits per heavy atom. The van der Waals surface area contributed by atoms with E-state index >= 15 is 0 Å². The number of ether oxygens (including phenoxy) is 1. The molecule has 26 heavy (non-hydrogen) atoms. The number of piperazine rings is 1. The quantitative estimate of drug-likeness (QED) is 0.840. The van der Waals surface area contributed by atoms with Crippen LogP contribution in [0.15, 0.2) is 48.5 Å². The zero-order valence-corrected chi connectivity index (χ0v) is 15.8. The van der Waals surface area contributed by atoms with Crippen LogP contribution in [0, 0.1) is 11.3 Å². The molecule has 1 unspecified atom stereocenters. The molecule has 0 saturated carbocycles. The van der Waals surface area contributed by atoms with Gasteiger partial charge in [-0.1, -0.05) is 6.07 Å². The lowest BCUT2D eigenvalue weighted by Gasteiger charge is -2.42. The minimum atomic E-state index is 0.335.